The summed E-state index contributed by atoms with van der Waals surface area (Å²) in [5.41, 5.74) is 5.32. The van der Waals surface area contributed by atoms with Gasteiger partial charge in [-0.25, -0.2) is 0 Å². The summed E-state index contributed by atoms with van der Waals surface area (Å²) in [6.07, 6.45) is 0.866. The number of carboxylic acid groups (broad SMARTS) is 1. The van der Waals surface area contributed by atoms with Crippen molar-refractivity contribution in [2.45, 2.75) is 18.4 Å². The molecule has 0 spiro atoms. The topological polar surface area (TPSA) is 63.3 Å². The predicted octanol–water partition coefficient (Wildman–Crippen LogP) is 0.119. The van der Waals surface area contributed by atoms with Crippen molar-refractivity contribution in [3.63, 3.8) is 0 Å². The molecule has 0 bridgehead atoms. The molecule has 0 aliphatic heterocycles. The summed E-state index contributed by atoms with van der Waals surface area (Å²) in [6, 6.07) is 0. The molecule has 0 amide bonds. The first-order chi connectivity index (χ1) is 4.04. The summed E-state index contributed by atoms with van der Waals surface area (Å²) in [4.78, 5) is 10.3. The Balaban J connectivity index is 2.60. The van der Waals surface area contributed by atoms with Crippen molar-refractivity contribution in [3.8, 4) is 0 Å². The second kappa shape index (κ2) is 1.57. The van der Waals surface area contributed by atoms with Crippen LogP contribution in [0.1, 0.15) is 12.8 Å². The van der Waals surface area contributed by atoms with E-state index in [0.717, 1.165) is 5.57 Å². The van der Waals surface area contributed by atoms with Crippen molar-refractivity contribution in [1.82, 2.24) is 0 Å². The van der Waals surface area contributed by atoms with E-state index in [1.165, 1.54) is 0 Å². The Bertz CT molecular complexity index is 166. The van der Waals surface area contributed by atoms with Gasteiger partial charge in [0.2, 0.25) is 0 Å². The highest BCUT2D eigenvalue weighted by atomic mass is 16.4. The first kappa shape index (κ1) is 6.29. The van der Waals surface area contributed by atoms with E-state index in [1.807, 2.05) is 0 Å². The van der Waals surface area contributed by atoms with E-state index in [1.54, 1.807) is 0 Å². The van der Waals surface area contributed by atoms with Gasteiger partial charge in [-0.2, -0.15) is 0 Å². The standard InChI is InChI=1S/C6H9NO2/c1-4-2-6(7,3-4)5(8)9/h1-3,7H2,(H,8,9). The van der Waals surface area contributed by atoms with Crippen LogP contribution in [0.15, 0.2) is 12.2 Å². The minimum Gasteiger partial charge on any atom is -0.480 e. The number of rotatable bonds is 1. The molecular weight excluding hydrogens is 118 g/mol. The minimum atomic E-state index is -0.989. The fourth-order valence-corrected chi connectivity index (χ4v) is 0.992. The minimum absolute atomic E-state index is 0.433. The van der Waals surface area contributed by atoms with E-state index < -0.39 is 11.5 Å². The molecular formula is C6H9NO2. The van der Waals surface area contributed by atoms with Crippen LogP contribution in [-0.4, -0.2) is 16.6 Å². The number of aliphatic carboxylic acids is 1. The highest BCUT2D eigenvalue weighted by Gasteiger charge is 2.42. The molecule has 1 rings (SSSR count). The predicted molar refractivity (Wildman–Crippen MR) is 32.9 cm³/mol. The Kier molecular flexibility index (Phi) is 1.10. The van der Waals surface area contributed by atoms with E-state index in [2.05, 4.69) is 6.58 Å². The fraction of sp³-hybridized carbons (Fsp3) is 0.500. The van der Waals surface area contributed by atoms with Gasteiger partial charge in [-0.3, -0.25) is 4.79 Å². The molecule has 0 radical (unpaired) electrons. The lowest BCUT2D eigenvalue weighted by Crippen LogP contribution is -2.54. The van der Waals surface area contributed by atoms with Crippen molar-refractivity contribution in [2.24, 2.45) is 5.73 Å². The third-order valence-electron chi connectivity index (χ3n) is 1.56. The maximum atomic E-state index is 10.3. The molecule has 1 saturated carbocycles. The van der Waals surface area contributed by atoms with Crippen LogP contribution in [0.5, 0.6) is 0 Å². The van der Waals surface area contributed by atoms with Crippen molar-refractivity contribution in [2.75, 3.05) is 0 Å². The van der Waals surface area contributed by atoms with Crippen LogP contribution >= 0.6 is 0 Å². The number of carbonyl (C=O) groups is 1. The average Bonchev–Trinajstić information content (AvgIpc) is 1.62. The average molecular weight is 127 g/mol. The second-order valence-electron chi connectivity index (χ2n) is 2.56. The van der Waals surface area contributed by atoms with Gasteiger partial charge in [-0.1, -0.05) is 12.2 Å². The van der Waals surface area contributed by atoms with Gasteiger partial charge in [-0.05, 0) is 12.8 Å². The Morgan fingerprint density at radius 2 is 2.22 bits per heavy atom. The molecule has 0 aromatic heterocycles. The zero-order valence-electron chi connectivity index (χ0n) is 5.05. The maximum absolute atomic E-state index is 10.3. The molecule has 9 heavy (non-hydrogen) atoms. The van der Waals surface area contributed by atoms with Crippen LogP contribution in [0, 0.1) is 0 Å². The lowest BCUT2D eigenvalue weighted by molar-refractivity contribution is -0.144. The van der Waals surface area contributed by atoms with Crippen LogP contribution in [-0.2, 0) is 4.79 Å². The van der Waals surface area contributed by atoms with Crippen molar-refractivity contribution in [1.29, 1.82) is 0 Å². The van der Waals surface area contributed by atoms with E-state index in [9.17, 15) is 4.79 Å². The molecule has 0 heterocycles. The van der Waals surface area contributed by atoms with Crippen molar-refractivity contribution in [3.05, 3.63) is 12.2 Å². The van der Waals surface area contributed by atoms with Crippen LogP contribution in [0.2, 0.25) is 0 Å². The van der Waals surface area contributed by atoms with Crippen LogP contribution < -0.4 is 5.73 Å². The molecule has 3 heteroatoms. The van der Waals surface area contributed by atoms with Crippen LogP contribution in [0.25, 0.3) is 0 Å². The lowest BCUT2D eigenvalue weighted by atomic mass is 9.74. The normalized spacial score (nSPS) is 23.0. The van der Waals surface area contributed by atoms with Gasteiger partial charge in [0.15, 0.2) is 0 Å². The molecule has 1 aliphatic carbocycles. The molecule has 1 fully saturated rings. The summed E-state index contributed by atoms with van der Waals surface area (Å²) in [6.45, 7) is 3.59. The Morgan fingerprint density at radius 3 is 2.33 bits per heavy atom. The lowest BCUT2D eigenvalue weighted by Gasteiger charge is -2.35. The largest absolute Gasteiger partial charge is 0.480 e. The second-order valence-corrected chi connectivity index (χ2v) is 2.56. The monoisotopic (exact) mass is 127 g/mol. The van der Waals surface area contributed by atoms with E-state index in [0.29, 0.717) is 12.8 Å². The molecule has 0 saturated heterocycles. The molecule has 1 aliphatic rings. The molecule has 3 nitrogen and oxygen atoms in total. The Labute approximate surface area is 53.2 Å². The van der Waals surface area contributed by atoms with Gasteiger partial charge in [-0.15, -0.1) is 0 Å². The molecule has 50 valence electrons. The fourth-order valence-electron chi connectivity index (χ4n) is 0.992. The third-order valence-corrected chi connectivity index (χ3v) is 1.56. The molecule has 0 aromatic carbocycles. The van der Waals surface area contributed by atoms with E-state index in [-0.39, 0.29) is 0 Å². The van der Waals surface area contributed by atoms with Gasteiger partial charge < -0.3 is 10.8 Å². The number of hydrogen-bond donors (Lipinski definition) is 2. The zero-order chi connectivity index (χ0) is 7.07. The first-order valence-electron chi connectivity index (χ1n) is 2.73. The molecule has 0 unspecified atom stereocenters. The quantitative estimate of drug-likeness (QED) is 0.492. The Morgan fingerprint density at radius 1 is 1.78 bits per heavy atom. The van der Waals surface area contributed by atoms with Gasteiger partial charge in [0.05, 0.1) is 0 Å². The Hall–Kier alpha value is -0.830. The van der Waals surface area contributed by atoms with Crippen LogP contribution in [0.4, 0.5) is 0 Å². The summed E-state index contributed by atoms with van der Waals surface area (Å²) in [7, 11) is 0. The highest BCUT2D eigenvalue weighted by molar-refractivity contribution is 5.81. The zero-order valence-corrected chi connectivity index (χ0v) is 5.05. The third kappa shape index (κ3) is 0.833. The maximum Gasteiger partial charge on any atom is 0.324 e. The molecule has 0 aromatic rings. The van der Waals surface area contributed by atoms with E-state index in [4.69, 9.17) is 10.8 Å². The summed E-state index contributed by atoms with van der Waals surface area (Å²) < 4.78 is 0. The smallest absolute Gasteiger partial charge is 0.324 e. The van der Waals surface area contributed by atoms with E-state index >= 15 is 0 Å². The van der Waals surface area contributed by atoms with Gasteiger partial charge >= 0.3 is 5.97 Å². The van der Waals surface area contributed by atoms with Crippen molar-refractivity contribution >= 4 is 5.97 Å². The van der Waals surface area contributed by atoms with Crippen molar-refractivity contribution < 1.29 is 9.90 Å². The van der Waals surface area contributed by atoms with Gasteiger partial charge in [0.1, 0.15) is 5.54 Å². The number of carboxylic acids is 1. The highest BCUT2D eigenvalue weighted by Crippen LogP contribution is 2.33. The number of hydrogen-bond acceptors (Lipinski definition) is 2. The molecule has 3 N–H and O–H groups in total. The first-order valence-corrected chi connectivity index (χ1v) is 2.73. The summed E-state index contributed by atoms with van der Waals surface area (Å²) in [5, 5.41) is 8.44. The number of nitrogens with two attached hydrogens (primary N) is 1. The van der Waals surface area contributed by atoms with Gasteiger partial charge in [0, 0.05) is 0 Å². The SMILES string of the molecule is C=C1CC(N)(C(=O)O)C1. The molecule has 0 atom stereocenters. The summed E-state index contributed by atoms with van der Waals surface area (Å²) >= 11 is 0. The summed E-state index contributed by atoms with van der Waals surface area (Å²) in [5.74, 6) is -0.921. The van der Waals surface area contributed by atoms with Gasteiger partial charge in [0.25, 0.3) is 0 Å². The van der Waals surface area contributed by atoms with Crippen LogP contribution in [0.3, 0.4) is 0 Å².